The molecule has 3 N–H and O–H groups in total. The zero-order valence-electron chi connectivity index (χ0n) is 18.4. The predicted octanol–water partition coefficient (Wildman–Crippen LogP) is 3.80. The van der Waals surface area contributed by atoms with Gasteiger partial charge in [-0.3, -0.25) is 9.69 Å². The van der Waals surface area contributed by atoms with Crippen LogP contribution in [0.3, 0.4) is 0 Å². The van der Waals surface area contributed by atoms with Gasteiger partial charge in [0.05, 0.1) is 22.3 Å². The van der Waals surface area contributed by atoms with E-state index in [0.29, 0.717) is 11.6 Å². The van der Waals surface area contributed by atoms with Gasteiger partial charge >= 0.3 is 0 Å². The molecule has 3 aromatic heterocycles. The van der Waals surface area contributed by atoms with Gasteiger partial charge in [0.25, 0.3) is 0 Å². The minimum atomic E-state index is -0.203. The van der Waals surface area contributed by atoms with Gasteiger partial charge in [0.1, 0.15) is 11.8 Å². The maximum absolute atomic E-state index is 11.6. The van der Waals surface area contributed by atoms with E-state index < -0.39 is 0 Å². The van der Waals surface area contributed by atoms with Crippen molar-refractivity contribution < 1.29 is 4.79 Å². The summed E-state index contributed by atoms with van der Waals surface area (Å²) in [5, 5.41) is 9.42. The smallest absolute Gasteiger partial charge is 0.220 e. The molecule has 1 amide bonds. The van der Waals surface area contributed by atoms with Gasteiger partial charge in [0, 0.05) is 24.0 Å². The molecule has 170 valence electrons. The van der Waals surface area contributed by atoms with Crippen LogP contribution in [0.2, 0.25) is 5.02 Å². The van der Waals surface area contributed by atoms with Crippen LogP contribution in [0.4, 0.5) is 5.82 Å². The van der Waals surface area contributed by atoms with Crippen molar-refractivity contribution >= 4 is 39.7 Å². The molecule has 1 aliphatic heterocycles. The van der Waals surface area contributed by atoms with Crippen LogP contribution in [0.25, 0.3) is 16.4 Å². The molecular formula is C24H26ClN7O. The third-order valence-electron chi connectivity index (χ3n) is 6.43. The van der Waals surface area contributed by atoms with Gasteiger partial charge < -0.3 is 11.1 Å². The maximum Gasteiger partial charge on any atom is 0.220 e. The molecule has 0 saturated carbocycles. The number of rotatable bonds is 6. The van der Waals surface area contributed by atoms with Crippen LogP contribution in [-0.4, -0.2) is 43.5 Å². The van der Waals surface area contributed by atoms with Crippen LogP contribution in [0.15, 0.2) is 48.9 Å². The number of hydrogen-bond acceptors (Lipinski definition) is 6. The van der Waals surface area contributed by atoms with E-state index in [0.717, 1.165) is 59.4 Å². The Kier molecular flexibility index (Phi) is 5.86. The van der Waals surface area contributed by atoms with E-state index in [1.807, 2.05) is 36.5 Å². The number of nitrogens with zero attached hydrogens (tertiary/aromatic N) is 5. The van der Waals surface area contributed by atoms with Crippen LogP contribution >= 0.6 is 11.6 Å². The highest BCUT2D eigenvalue weighted by molar-refractivity contribution is 6.35. The standard InChI is InChI=1S/C24H26ClN7O/c1-15(29-24-21-6-3-9-32(21)28-14-27-24)18-12-17-4-2-5-19(25)22(17)30-20(18)13-31-10-7-16(8-11-31)23(26)33/h2-6,9,12,14-16H,7-8,10-11,13H2,1H3,(H2,26,33)(H,27,28,29)/t15-/m0/s1. The Morgan fingerprint density at radius 1 is 1.27 bits per heavy atom. The average Bonchev–Trinajstić information content (AvgIpc) is 3.29. The lowest BCUT2D eigenvalue weighted by Gasteiger charge is -2.31. The Morgan fingerprint density at radius 3 is 2.88 bits per heavy atom. The van der Waals surface area contributed by atoms with Crippen molar-refractivity contribution in [3.8, 4) is 0 Å². The number of para-hydroxylation sites is 1. The van der Waals surface area contributed by atoms with Crippen LogP contribution in [0, 0.1) is 5.92 Å². The number of piperidine rings is 1. The van der Waals surface area contributed by atoms with Crippen molar-refractivity contribution in [1.82, 2.24) is 24.5 Å². The Balaban J connectivity index is 1.47. The normalized spacial score (nSPS) is 16.3. The molecule has 1 aromatic carbocycles. The number of halogens is 1. The second-order valence-electron chi connectivity index (χ2n) is 8.60. The van der Waals surface area contributed by atoms with E-state index in [1.54, 1.807) is 10.8 Å². The van der Waals surface area contributed by atoms with Gasteiger partial charge in [0.2, 0.25) is 5.91 Å². The first kappa shape index (κ1) is 21.6. The highest BCUT2D eigenvalue weighted by atomic mass is 35.5. The molecule has 1 aliphatic rings. The number of nitrogens with two attached hydrogens (primary N) is 1. The Labute approximate surface area is 196 Å². The second kappa shape index (κ2) is 8.96. The van der Waals surface area contributed by atoms with Crippen molar-refractivity contribution in [2.45, 2.75) is 32.4 Å². The summed E-state index contributed by atoms with van der Waals surface area (Å²) in [5.74, 6) is 0.523. The van der Waals surface area contributed by atoms with Gasteiger partial charge in [-0.1, -0.05) is 23.7 Å². The Morgan fingerprint density at radius 2 is 2.09 bits per heavy atom. The first-order valence-corrected chi connectivity index (χ1v) is 11.5. The van der Waals surface area contributed by atoms with E-state index in [1.165, 1.54) is 0 Å². The molecule has 1 atom stereocenters. The highest BCUT2D eigenvalue weighted by Crippen LogP contribution is 2.30. The molecule has 9 heteroatoms. The third-order valence-corrected chi connectivity index (χ3v) is 6.73. The topological polar surface area (TPSA) is 101 Å². The summed E-state index contributed by atoms with van der Waals surface area (Å²) >= 11 is 6.48. The van der Waals surface area contributed by atoms with Gasteiger partial charge in [-0.15, -0.1) is 0 Å². The number of hydrogen-bond donors (Lipinski definition) is 2. The fraction of sp³-hybridized carbons (Fsp3) is 0.333. The fourth-order valence-corrected chi connectivity index (χ4v) is 4.79. The molecule has 5 rings (SSSR count). The maximum atomic E-state index is 11.6. The largest absolute Gasteiger partial charge is 0.369 e. The summed E-state index contributed by atoms with van der Waals surface area (Å²) in [6.45, 7) is 4.41. The molecule has 0 aliphatic carbocycles. The number of nitrogens with one attached hydrogen (secondary N) is 1. The lowest BCUT2D eigenvalue weighted by Crippen LogP contribution is -2.38. The van der Waals surface area contributed by atoms with Crippen LogP contribution in [-0.2, 0) is 11.3 Å². The molecule has 4 heterocycles. The molecule has 1 fully saturated rings. The molecule has 1 saturated heterocycles. The summed E-state index contributed by atoms with van der Waals surface area (Å²) in [6, 6.07) is 11.9. The number of primary amides is 1. The van der Waals surface area contributed by atoms with Gasteiger partial charge in [-0.2, -0.15) is 5.10 Å². The van der Waals surface area contributed by atoms with Crippen LogP contribution in [0.1, 0.15) is 37.1 Å². The summed E-state index contributed by atoms with van der Waals surface area (Å²) in [4.78, 5) is 23.3. The van der Waals surface area contributed by atoms with E-state index in [2.05, 4.69) is 33.3 Å². The monoisotopic (exact) mass is 463 g/mol. The zero-order valence-corrected chi connectivity index (χ0v) is 19.2. The first-order chi connectivity index (χ1) is 16.0. The van der Waals surface area contributed by atoms with Crippen molar-refractivity contribution in [3.63, 3.8) is 0 Å². The number of carbonyl (C=O) groups excluding carboxylic acids is 1. The number of amides is 1. The molecule has 33 heavy (non-hydrogen) atoms. The highest BCUT2D eigenvalue weighted by Gasteiger charge is 2.25. The SMILES string of the molecule is C[C@H](Nc1ncnn2cccc12)c1cc2cccc(Cl)c2nc1CN1CCC(C(N)=O)CC1. The summed E-state index contributed by atoms with van der Waals surface area (Å²) in [5.41, 5.74) is 9.27. The number of likely N-dealkylation sites (tertiary alicyclic amines) is 1. The molecular weight excluding hydrogens is 438 g/mol. The first-order valence-electron chi connectivity index (χ1n) is 11.1. The lowest BCUT2D eigenvalue weighted by molar-refractivity contribution is -0.123. The van der Waals surface area contributed by atoms with Gasteiger partial charge in [-0.05, 0) is 62.7 Å². The number of anilines is 1. The zero-order chi connectivity index (χ0) is 22.9. The van der Waals surface area contributed by atoms with Gasteiger partial charge in [-0.25, -0.2) is 14.5 Å². The van der Waals surface area contributed by atoms with E-state index in [9.17, 15) is 4.79 Å². The summed E-state index contributed by atoms with van der Waals surface area (Å²) in [7, 11) is 0. The average molecular weight is 464 g/mol. The minimum absolute atomic E-state index is 0.0393. The molecule has 0 radical (unpaired) electrons. The molecule has 0 unspecified atom stereocenters. The second-order valence-corrected chi connectivity index (χ2v) is 9.01. The predicted molar refractivity (Wildman–Crippen MR) is 129 cm³/mol. The fourth-order valence-electron chi connectivity index (χ4n) is 4.57. The molecule has 4 aromatic rings. The van der Waals surface area contributed by atoms with E-state index >= 15 is 0 Å². The number of benzene rings is 1. The minimum Gasteiger partial charge on any atom is -0.369 e. The van der Waals surface area contributed by atoms with Crippen molar-refractivity contribution in [3.05, 3.63) is 65.2 Å². The lowest BCUT2D eigenvalue weighted by atomic mass is 9.95. The molecule has 8 nitrogen and oxygen atoms in total. The number of carbonyl (C=O) groups is 1. The van der Waals surface area contributed by atoms with Crippen molar-refractivity contribution in [2.75, 3.05) is 18.4 Å². The Hall–Kier alpha value is -3.23. The molecule has 0 bridgehead atoms. The van der Waals surface area contributed by atoms with Crippen LogP contribution in [0.5, 0.6) is 0 Å². The van der Waals surface area contributed by atoms with E-state index in [-0.39, 0.29) is 17.9 Å². The number of aromatic nitrogens is 4. The third kappa shape index (κ3) is 4.36. The van der Waals surface area contributed by atoms with Gasteiger partial charge in [0.15, 0.2) is 5.82 Å². The van der Waals surface area contributed by atoms with Crippen LogP contribution < -0.4 is 11.1 Å². The van der Waals surface area contributed by atoms with Crippen molar-refractivity contribution in [1.29, 1.82) is 0 Å². The molecule has 0 spiro atoms. The summed E-state index contributed by atoms with van der Waals surface area (Å²) in [6.07, 6.45) is 5.00. The number of fused-ring (bicyclic) bond motifs is 2. The van der Waals surface area contributed by atoms with Crippen molar-refractivity contribution in [2.24, 2.45) is 11.7 Å². The summed E-state index contributed by atoms with van der Waals surface area (Å²) < 4.78 is 1.80. The van der Waals surface area contributed by atoms with E-state index in [4.69, 9.17) is 22.3 Å². The quantitative estimate of drug-likeness (QED) is 0.451. The Bertz CT molecular complexity index is 1310. The number of pyridine rings is 1.